The maximum absolute atomic E-state index is 12.3. The summed E-state index contributed by atoms with van der Waals surface area (Å²) >= 11 is 0. The molecular weight excluding hydrogens is 302 g/mol. The van der Waals surface area contributed by atoms with Gasteiger partial charge >= 0.3 is 0 Å². The minimum atomic E-state index is -0.118. The van der Waals surface area contributed by atoms with Crippen molar-refractivity contribution >= 4 is 11.7 Å². The van der Waals surface area contributed by atoms with Gasteiger partial charge in [-0.15, -0.1) is 0 Å². The SMILES string of the molecule is CCCCN(C)CCC(=O)Nc1c(C#N)cnn1-c1ccccc1. The van der Waals surface area contributed by atoms with Crippen molar-refractivity contribution in [1.82, 2.24) is 14.7 Å². The molecular formula is C18H23N5O. The Morgan fingerprint density at radius 2 is 2.08 bits per heavy atom. The third-order valence-electron chi connectivity index (χ3n) is 3.76. The summed E-state index contributed by atoms with van der Waals surface area (Å²) in [5, 5.41) is 16.3. The van der Waals surface area contributed by atoms with E-state index in [1.165, 1.54) is 6.20 Å². The van der Waals surface area contributed by atoms with Crippen molar-refractivity contribution in [3.8, 4) is 11.8 Å². The molecule has 2 rings (SSSR count). The Balaban J connectivity index is 2.05. The Morgan fingerprint density at radius 3 is 2.75 bits per heavy atom. The highest BCUT2D eigenvalue weighted by Gasteiger charge is 2.15. The van der Waals surface area contributed by atoms with Gasteiger partial charge in [0.15, 0.2) is 5.82 Å². The van der Waals surface area contributed by atoms with Gasteiger partial charge in [0.25, 0.3) is 0 Å². The zero-order valence-corrected chi connectivity index (χ0v) is 14.2. The van der Waals surface area contributed by atoms with E-state index in [-0.39, 0.29) is 5.91 Å². The van der Waals surface area contributed by atoms with Crippen LogP contribution < -0.4 is 5.32 Å². The van der Waals surface area contributed by atoms with Crippen LogP contribution in [0.25, 0.3) is 5.69 Å². The number of unbranched alkanes of at least 4 members (excludes halogenated alkanes) is 1. The van der Waals surface area contributed by atoms with Crippen LogP contribution in [0.5, 0.6) is 0 Å². The number of carbonyl (C=O) groups excluding carboxylic acids is 1. The maximum Gasteiger partial charge on any atom is 0.226 e. The number of nitriles is 1. The molecule has 0 radical (unpaired) electrons. The molecule has 0 unspecified atom stereocenters. The van der Waals surface area contributed by atoms with E-state index in [9.17, 15) is 10.1 Å². The molecule has 1 aromatic carbocycles. The number of nitrogens with zero attached hydrogens (tertiary/aromatic N) is 4. The van der Waals surface area contributed by atoms with E-state index in [0.29, 0.717) is 24.3 Å². The molecule has 0 spiro atoms. The van der Waals surface area contributed by atoms with E-state index in [1.54, 1.807) is 4.68 Å². The van der Waals surface area contributed by atoms with Crippen LogP contribution in [-0.4, -0.2) is 40.7 Å². The lowest BCUT2D eigenvalue weighted by molar-refractivity contribution is -0.116. The van der Waals surface area contributed by atoms with Gasteiger partial charge in [0, 0.05) is 13.0 Å². The minimum Gasteiger partial charge on any atom is -0.309 e. The van der Waals surface area contributed by atoms with Crippen LogP contribution in [0.2, 0.25) is 0 Å². The molecule has 1 heterocycles. The van der Waals surface area contributed by atoms with Crippen molar-refractivity contribution in [2.75, 3.05) is 25.5 Å². The van der Waals surface area contributed by atoms with Gasteiger partial charge < -0.3 is 10.2 Å². The molecule has 0 aliphatic carbocycles. The van der Waals surface area contributed by atoms with Crippen molar-refractivity contribution in [2.45, 2.75) is 26.2 Å². The largest absolute Gasteiger partial charge is 0.309 e. The molecule has 0 fully saturated rings. The van der Waals surface area contributed by atoms with E-state index in [2.05, 4.69) is 28.3 Å². The molecule has 0 bridgehead atoms. The number of nitrogens with one attached hydrogen (secondary N) is 1. The van der Waals surface area contributed by atoms with Gasteiger partial charge in [-0.25, -0.2) is 4.68 Å². The molecule has 6 heteroatoms. The second-order valence-corrected chi connectivity index (χ2v) is 5.72. The summed E-state index contributed by atoms with van der Waals surface area (Å²) in [7, 11) is 2.01. The first-order valence-corrected chi connectivity index (χ1v) is 8.17. The van der Waals surface area contributed by atoms with E-state index in [0.717, 1.165) is 25.1 Å². The Kier molecular flexibility index (Phi) is 6.52. The smallest absolute Gasteiger partial charge is 0.226 e. The van der Waals surface area contributed by atoms with E-state index in [4.69, 9.17) is 0 Å². The number of hydrogen-bond donors (Lipinski definition) is 1. The molecule has 24 heavy (non-hydrogen) atoms. The average Bonchev–Trinajstić information content (AvgIpc) is 3.01. The van der Waals surface area contributed by atoms with E-state index in [1.807, 2.05) is 37.4 Å². The van der Waals surface area contributed by atoms with Gasteiger partial charge in [0.2, 0.25) is 5.91 Å². The molecule has 1 aromatic heterocycles. The molecule has 1 amide bonds. The fraction of sp³-hybridized carbons (Fsp3) is 0.389. The number of anilines is 1. The number of para-hydroxylation sites is 1. The van der Waals surface area contributed by atoms with Gasteiger partial charge in [0.05, 0.1) is 11.9 Å². The van der Waals surface area contributed by atoms with Crippen LogP contribution in [-0.2, 0) is 4.79 Å². The first-order chi connectivity index (χ1) is 11.7. The summed E-state index contributed by atoms with van der Waals surface area (Å²) in [6.07, 6.45) is 4.11. The molecule has 126 valence electrons. The number of benzene rings is 1. The van der Waals surface area contributed by atoms with Crippen molar-refractivity contribution in [1.29, 1.82) is 5.26 Å². The normalized spacial score (nSPS) is 10.6. The average molecular weight is 325 g/mol. The molecule has 0 aliphatic rings. The minimum absolute atomic E-state index is 0.118. The molecule has 0 saturated carbocycles. The van der Waals surface area contributed by atoms with Crippen LogP contribution in [0.1, 0.15) is 31.7 Å². The fourth-order valence-electron chi connectivity index (χ4n) is 2.34. The second-order valence-electron chi connectivity index (χ2n) is 5.72. The van der Waals surface area contributed by atoms with Crippen LogP contribution in [0.3, 0.4) is 0 Å². The molecule has 0 saturated heterocycles. The third-order valence-corrected chi connectivity index (χ3v) is 3.76. The molecule has 0 aliphatic heterocycles. The van der Waals surface area contributed by atoms with Gasteiger partial charge in [-0.1, -0.05) is 31.5 Å². The van der Waals surface area contributed by atoms with Gasteiger partial charge in [0.1, 0.15) is 11.6 Å². The Labute approximate surface area is 142 Å². The number of amides is 1. The van der Waals surface area contributed by atoms with Crippen molar-refractivity contribution in [3.05, 3.63) is 42.1 Å². The van der Waals surface area contributed by atoms with Gasteiger partial charge in [-0.05, 0) is 32.1 Å². The number of hydrogen-bond acceptors (Lipinski definition) is 4. The fourth-order valence-corrected chi connectivity index (χ4v) is 2.34. The number of aromatic nitrogens is 2. The van der Waals surface area contributed by atoms with Crippen LogP contribution in [0, 0.1) is 11.3 Å². The Hall–Kier alpha value is -2.65. The second kappa shape index (κ2) is 8.85. The molecule has 2 aromatic rings. The summed E-state index contributed by atoms with van der Waals surface area (Å²) in [5.74, 6) is 0.303. The van der Waals surface area contributed by atoms with Crippen molar-refractivity contribution < 1.29 is 4.79 Å². The lowest BCUT2D eigenvalue weighted by Crippen LogP contribution is -2.25. The highest BCUT2D eigenvalue weighted by molar-refractivity contribution is 5.91. The van der Waals surface area contributed by atoms with E-state index >= 15 is 0 Å². The highest BCUT2D eigenvalue weighted by atomic mass is 16.1. The monoisotopic (exact) mass is 325 g/mol. The van der Waals surface area contributed by atoms with Crippen LogP contribution in [0.15, 0.2) is 36.5 Å². The van der Waals surface area contributed by atoms with E-state index < -0.39 is 0 Å². The Bertz CT molecular complexity index is 702. The predicted octanol–water partition coefficient (Wildman–Crippen LogP) is 2.80. The standard InChI is InChI=1S/C18H23N5O/c1-3-4-11-22(2)12-10-17(24)21-18-15(13-19)14-20-23(18)16-8-6-5-7-9-16/h5-9,14H,3-4,10-12H2,1-2H3,(H,21,24). The van der Waals surface area contributed by atoms with Gasteiger partial charge in [-0.2, -0.15) is 10.4 Å². The molecule has 0 atom stereocenters. The molecule has 6 nitrogen and oxygen atoms in total. The Morgan fingerprint density at radius 1 is 1.33 bits per heavy atom. The van der Waals surface area contributed by atoms with Gasteiger partial charge in [-0.3, -0.25) is 4.79 Å². The lowest BCUT2D eigenvalue weighted by atomic mass is 10.3. The number of rotatable bonds is 8. The summed E-state index contributed by atoms with van der Waals surface area (Å²) in [4.78, 5) is 14.4. The summed E-state index contributed by atoms with van der Waals surface area (Å²) in [6.45, 7) is 3.82. The first kappa shape index (κ1) is 17.7. The van der Waals surface area contributed by atoms with Crippen molar-refractivity contribution in [2.24, 2.45) is 0 Å². The topological polar surface area (TPSA) is 74.0 Å². The van der Waals surface area contributed by atoms with Crippen molar-refractivity contribution in [3.63, 3.8) is 0 Å². The third kappa shape index (κ3) is 4.67. The zero-order valence-electron chi connectivity index (χ0n) is 14.2. The predicted molar refractivity (Wildman–Crippen MR) is 93.9 cm³/mol. The highest BCUT2D eigenvalue weighted by Crippen LogP contribution is 2.19. The van der Waals surface area contributed by atoms with Crippen LogP contribution in [0.4, 0.5) is 5.82 Å². The first-order valence-electron chi connectivity index (χ1n) is 8.17. The zero-order chi connectivity index (χ0) is 17.4. The molecule has 1 N–H and O–H groups in total. The lowest BCUT2D eigenvalue weighted by Gasteiger charge is -2.16. The van der Waals surface area contributed by atoms with Crippen LogP contribution >= 0.6 is 0 Å². The summed E-state index contributed by atoms with van der Waals surface area (Å²) < 4.78 is 1.58. The summed E-state index contributed by atoms with van der Waals surface area (Å²) in [6, 6.07) is 11.5. The summed E-state index contributed by atoms with van der Waals surface area (Å²) in [5.41, 5.74) is 1.15. The number of carbonyl (C=O) groups is 1. The quantitative estimate of drug-likeness (QED) is 0.810. The maximum atomic E-state index is 12.3.